The number of aliphatic imine (C=N–C) groups is 1. The standard InChI is InChI=1S/C17H17ClFN5O2/c1-10-4-12(18)6-22-15(10)16(25)23-14-5-11(2-3-21-14)17(8-19)9-26-7-13(20)24-17/h2-6H,7-9H2,1H3,(H2,20,24)(H,21,23,25)/i1D3,4D,6D. The van der Waals surface area contributed by atoms with E-state index in [4.69, 9.17) is 28.9 Å². The number of carbonyl (C=O) groups is 1. The van der Waals surface area contributed by atoms with Gasteiger partial charge in [0.15, 0.2) is 0 Å². The smallest absolute Gasteiger partial charge is 0.275 e. The molecule has 7 nitrogen and oxygen atoms in total. The SMILES string of the molecule is [2H]c1nc(C(=O)Nc2cc(C3(CF)COCC(N)=N3)ccn2)c(C([2H])([2H])[2H])c([2H])c1Cl. The highest BCUT2D eigenvalue weighted by atomic mass is 35.5. The maximum absolute atomic E-state index is 13.9. The number of amidine groups is 1. The largest absolute Gasteiger partial charge is 0.385 e. The van der Waals surface area contributed by atoms with Crippen molar-refractivity contribution in [1.82, 2.24) is 9.97 Å². The third-order valence-corrected chi connectivity index (χ3v) is 3.84. The number of amides is 1. The third kappa shape index (κ3) is 3.66. The Bertz CT molecular complexity index is 1070. The van der Waals surface area contributed by atoms with Gasteiger partial charge in [0.05, 0.1) is 14.4 Å². The molecule has 1 unspecified atom stereocenters. The molecule has 3 heterocycles. The molecule has 1 aliphatic heterocycles. The highest BCUT2D eigenvalue weighted by Gasteiger charge is 2.36. The van der Waals surface area contributed by atoms with E-state index in [1.165, 1.54) is 18.3 Å². The Balaban J connectivity index is 1.99. The molecule has 0 spiro atoms. The molecule has 3 rings (SSSR count). The second-order valence-electron chi connectivity index (χ2n) is 5.53. The number of nitrogens with two attached hydrogens (primary N) is 1. The first-order valence-electron chi connectivity index (χ1n) is 9.91. The van der Waals surface area contributed by atoms with Gasteiger partial charge < -0.3 is 15.8 Å². The number of carbonyl (C=O) groups excluding carboxylic acids is 1. The Morgan fingerprint density at radius 1 is 1.62 bits per heavy atom. The van der Waals surface area contributed by atoms with Crippen LogP contribution in [0.25, 0.3) is 0 Å². The zero-order valence-corrected chi connectivity index (χ0v) is 14.1. The molecule has 0 aromatic carbocycles. The van der Waals surface area contributed by atoms with Crippen LogP contribution in [-0.4, -0.2) is 41.6 Å². The minimum atomic E-state index is -2.88. The lowest BCUT2D eigenvalue weighted by molar-refractivity contribution is 0.0827. The zero-order chi connectivity index (χ0) is 23.0. The van der Waals surface area contributed by atoms with Crippen LogP contribution in [0.5, 0.6) is 0 Å². The van der Waals surface area contributed by atoms with E-state index in [1.54, 1.807) is 0 Å². The molecule has 0 radical (unpaired) electrons. The molecule has 2 aromatic heterocycles. The second kappa shape index (κ2) is 7.35. The number of alkyl halides is 1. The van der Waals surface area contributed by atoms with Crippen LogP contribution in [0, 0.1) is 6.85 Å². The van der Waals surface area contributed by atoms with E-state index in [9.17, 15) is 9.18 Å². The number of nitrogens with one attached hydrogen (secondary N) is 1. The minimum absolute atomic E-state index is 0.0547. The second-order valence-corrected chi connectivity index (χ2v) is 5.91. The van der Waals surface area contributed by atoms with E-state index in [2.05, 4.69) is 20.3 Å². The van der Waals surface area contributed by atoms with Crippen LogP contribution in [0.3, 0.4) is 0 Å². The maximum atomic E-state index is 13.9. The molecular formula is C17H17ClFN5O2. The lowest BCUT2D eigenvalue weighted by Crippen LogP contribution is -2.41. The molecule has 1 amide bonds. The Kier molecular flexibility index (Phi) is 3.59. The molecule has 0 bridgehead atoms. The van der Waals surface area contributed by atoms with Crippen molar-refractivity contribution in [3.63, 3.8) is 0 Å². The minimum Gasteiger partial charge on any atom is -0.385 e. The van der Waals surface area contributed by atoms with Gasteiger partial charge in [-0.3, -0.25) is 9.79 Å². The van der Waals surface area contributed by atoms with E-state index < -0.39 is 53.5 Å². The van der Waals surface area contributed by atoms with Crippen LogP contribution < -0.4 is 11.1 Å². The summed E-state index contributed by atoms with van der Waals surface area (Å²) in [5, 5.41) is 1.88. The van der Waals surface area contributed by atoms with Crippen LogP contribution >= 0.6 is 11.6 Å². The van der Waals surface area contributed by atoms with Crippen LogP contribution in [0.15, 0.2) is 35.5 Å². The highest BCUT2D eigenvalue weighted by Crippen LogP contribution is 2.30. The lowest BCUT2D eigenvalue weighted by Gasteiger charge is -2.31. The van der Waals surface area contributed by atoms with Crippen molar-refractivity contribution in [2.24, 2.45) is 10.7 Å². The van der Waals surface area contributed by atoms with Crippen LogP contribution in [0.1, 0.15) is 28.5 Å². The van der Waals surface area contributed by atoms with Gasteiger partial charge in [0.25, 0.3) is 5.91 Å². The first-order valence-corrected chi connectivity index (χ1v) is 7.79. The fourth-order valence-corrected chi connectivity index (χ4v) is 2.58. The Labute approximate surface area is 161 Å². The predicted octanol–water partition coefficient (Wildman–Crippen LogP) is 2.24. The number of hydrogen-bond donors (Lipinski definition) is 2. The molecule has 0 saturated heterocycles. The lowest BCUT2D eigenvalue weighted by atomic mass is 9.92. The topological polar surface area (TPSA) is 102 Å². The van der Waals surface area contributed by atoms with E-state index in [-0.39, 0.29) is 24.9 Å². The van der Waals surface area contributed by atoms with Gasteiger partial charge in [-0.25, -0.2) is 14.4 Å². The van der Waals surface area contributed by atoms with E-state index in [0.29, 0.717) is 5.56 Å². The van der Waals surface area contributed by atoms with Crippen molar-refractivity contribution in [3.05, 3.63) is 52.4 Å². The molecule has 1 aliphatic rings. The normalized spacial score (nSPS) is 23.0. The zero-order valence-electron chi connectivity index (χ0n) is 18.3. The third-order valence-electron chi connectivity index (χ3n) is 3.66. The summed E-state index contributed by atoms with van der Waals surface area (Å²) in [5.74, 6) is -0.961. The summed E-state index contributed by atoms with van der Waals surface area (Å²) < 4.78 is 57.6. The number of rotatable bonds is 4. The van der Waals surface area contributed by atoms with Crippen molar-refractivity contribution < 1.29 is 20.8 Å². The molecular weight excluding hydrogens is 361 g/mol. The summed E-state index contributed by atoms with van der Waals surface area (Å²) in [4.78, 5) is 24.5. The van der Waals surface area contributed by atoms with E-state index >= 15 is 0 Å². The van der Waals surface area contributed by atoms with Gasteiger partial charge >= 0.3 is 0 Å². The van der Waals surface area contributed by atoms with Gasteiger partial charge in [-0.1, -0.05) is 11.6 Å². The number of anilines is 1. The summed E-state index contributed by atoms with van der Waals surface area (Å²) in [7, 11) is 0. The van der Waals surface area contributed by atoms with Crippen molar-refractivity contribution in [2.75, 3.05) is 25.2 Å². The van der Waals surface area contributed by atoms with Crippen molar-refractivity contribution >= 4 is 29.2 Å². The first-order chi connectivity index (χ1) is 14.5. The number of nitrogens with zero attached hydrogens (tertiary/aromatic N) is 3. The van der Waals surface area contributed by atoms with Gasteiger partial charge in [0.1, 0.15) is 36.2 Å². The van der Waals surface area contributed by atoms with Crippen molar-refractivity contribution in [1.29, 1.82) is 0 Å². The summed E-state index contributed by atoms with van der Waals surface area (Å²) >= 11 is 5.77. The summed E-state index contributed by atoms with van der Waals surface area (Å²) in [6, 6.07) is 2.14. The van der Waals surface area contributed by atoms with E-state index in [0.717, 1.165) is 0 Å². The number of pyridine rings is 2. The number of aromatic nitrogens is 2. The monoisotopic (exact) mass is 382 g/mol. The molecule has 9 heteroatoms. The fraction of sp³-hybridized carbons (Fsp3) is 0.294. The summed E-state index contributed by atoms with van der Waals surface area (Å²) in [5.41, 5.74) is 3.25. The van der Waals surface area contributed by atoms with Crippen molar-refractivity contribution in [2.45, 2.75) is 12.4 Å². The summed E-state index contributed by atoms with van der Waals surface area (Å²) in [6.07, 6.45) is 0.682. The molecule has 0 aliphatic carbocycles. The van der Waals surface area contributed by atoms with Gasteiger partial charge in [-0.2, -0.15) is 0 Å². The van der Waals surface area contributed by atoms with Gasteiger partial charge in [0.2, 0.25) is 0 Å². The van der Waals surface area contributed by atoms with Crippen LogP contribution in [0.2, 0.25) is 5.02 Å². The predicted molar refractivity (Wildman–Crippen MR) is 96.3 cm³/mol. The van der Waals surface area contributed by atoms with Crippen molar-refractivity contribution in [3.8, 4) is 0 Å². The van der Waals surface area contributed by atoms with Crippen LogP contribution in [-0.2, 0) is 10.3 Å². The first kappa shape index (κ1) is 12.7. The Hall–Kier alpha value is -2.58. The molecule has 2 aromatic rings. The molecule has 26 heavy (non-hydrogen) atoms. The molecule has 136 valence electrons. The number of halogens is 2. The number of ether oxygens (including phenoxy) is 1. The maximum Gasteiger partial charge on any atom is 0.275 e. The molecule has 1 atom stereocenters. The summed E-state index contributed by atoms with van der Waals surface area (Å²) in [6.45, 7) is -3.81. The molecule has 0 fully saturated rings. The van der Waals surface area contributed by atoms with Gasteiger partial charge in [0, 0.05) is 16.5 Å². The molecule has 3 N–H and O–H groups in total. The van der Waals surface area contributed by atoms with Gasteiger partial charge in [-0.15, -0.1) is 0 Å². The van der Waals surface area contributed by atoms with E-state index in [1.807, 2.05) is 0 Å². The Morgan fingerprint density at radius 2 is 2.46 bits per heavy atom. The fourth-order valence-electron chi connectivity index (χ4n) is 2.44. The quantitative estimate of drug-likeness (QED) is 0.844. The van der Waals surface area contributed by atoms with Gasteiger partial charge in [-0.05, 0) is 36.2 Å². The highest BCUT2D eigenvalue weighted by molar-refractivity contribution is 6.30. The van der Waals surface area contributed by atoms with Crippen LogP contribution in [0.4, 0.5) is 10.2 Å². The average Bonchev–Trinajstić information content (AvgIpc) is 2.70. The Morgan fingerprint density at radius 3 is 3.19 bits per heavy atom. The molecule has 0 saturated carbocycles. The number of hydrogen-bond acceptors (Lipinski definition) is 6. The average molecular weight is 383 g/mol.